The van der Waals surface area contributed by atoms with Crippen LogP contribution in [0.1, 0.15) is 24.1 Å². The Morgan fingerprint density at radius 3 is 2.67 bits per heavy atom. The molecule has 18 heavy (non-hydrogen) atoms. The van der Waals surface area contributed by atoms with E-state index in [1.807, 2.05) is 0 Å². The van der Waals surface area contributed by atoms with Crippen molar-refractivity contribution in [3.63, 3.8) is 0 Å². The number of hydrogen-bond donors (Lipinski definition) is 1. The zero-order chi connectivity index (χ0) is 13.0. The van der Waals surface area contributed by atoms with Crippen molar-refractivity contribution in [3.05, 3.63) is 34.3 Å². The third kappa shape index (κ3) is 4.12. The van der Waals surface area contributed by atoms with Crippen LogP contribution in [-0.4, -0.2) is 18.7 Å². The minimum Gasteiger partial charge on any atom is -0.464 e. The summed E-state index contributed by atoms with van der Waals surface area (Å²) in [5.74, 6) is -0.936. The van der Waals surface area contributed by atoms with Gasteiger partial charge in [0.05, 0.1) is 12.6 Å². The Kier molecular flexibility index (Phi) is 7.21. The number of rotatable bonds is 4. The van der Waals surface area contributed by atoms with Gasteiger partial charge in [0.1, 0.15) is 0 Å². The van der Waals surface area contributed by atoms with Gasteiger partial charge in [-0.05, 0) is 37.1 Å². The summed E-state index contributed by atoms with van der Waals surface area (Å²) in [7, 11) is 0. The first kappa shape index (κ1) is 17.2. The van der Waals surface area contributed by atoms with Gasteiger partial charge in [0, 0.05) is 5.02 Å². The van der Waals surface area contributed by atoms with Crippen LogP contribution in [0.4, 0.5) is 4.39 Å². The zero-order valence-corrected chi connectivity index (χ0v) is 11.7. The second kappa shape index (κ2) is 7.56. The standard InChI is InChI=1S/C12H15ClFNO2.ClH/c1-3-17-12(16)10(14)11(15)9-5-4-8(13)6-7(9)2;/h4-6,10-11H,3,15H2,1-2H3;1H/t10?,11-;/m0./s1. The summed E-state index contributed by atoms with van der Waals surface area (Å²) in [6.45, 7) is 3.51. The van der Waals surface area contributed by atoms with Gasteiger partial charge in [-0.2, -0.15) is 0 Å². The summed E-state index contributed by atoms with van der Waals surface area (Å²) in [4.78, 5) is 11.2. The van der Waals surface area contributed by atoms with Crippen molar-refractivity contribution in [2.45, 2.75) is 26.1 Å². The first-order valence-corrected chi connectivity index (χ1v) is 5.67. The first-order chi connectivity index (χ1) is 7.97. The van der Waals surface area contributed by atoms with Gasteiger partial charge in [0.15, 0.2) is 0 Å². The lowest BCUT2D eigenvalue weighted by Crippen LogP contribution is -2.32. The van der Waals surface area contributed by atoms with E-state index in [1.165, 1.54) is 0 Å². The quantitative estimate of drug-likeness (QED) is 0.869. The normalized spacial score (nSPS) is 13.4. The lowest BCUT2D eigenvalue weighted by atomic mass is 9.98. The summed E-state index contributed by atoms with van der Waals surface area (Å²) < 4.78 is 18.3. The maximum atomic E-state index is 13.7. The van der Waals surface area contributed by atoms with Crippen LogP contribution in [0.3, 0.4) is 0 Å². The maximum absolute atomic E-state index is 13.7. The summed E-state index contributed by atoms with van der Waals surface area (Å²) in [6.07, 6.45) is -1.87. The largest absolute Gasteiger partial charge is 0.464 e. The Bertz CT molecular complexity index is 415. The number of nitrogens with two attached hydrogens (primary N) is 1. The van der Waals surface area contributed by atoms with E-state index in [9.17, 15) is 9.18 Å². The number of ether oxygens (including phenoxy) is 1. The van der Waals surface area contributed by atoms with Crippen molar-refractivity contribution in [2.24, 2.45) is 5.73 Å². The second-order valence-corrected chi connectivity index (χ2v) is 4.12. The van der Waals surface area contributed by atoms with Crippen molar-refractivity contribution in [1.29, 1.82) is 0 Å². The molecule has 0 bridgehead atoms. The molecule has 0 radical (unpaired) electrons. The third-order valence-corrected chi connectivity index (χ3v) is 2.65. The van der Waals surface area contributed by atoms with Crippen molar-refractivity contribution in [2.75, 3.05) is 6.61 Å². The van der Waals surface area contributed by atoms with E-state index in [-0.39, 0.29) is 19.0 Å². The predicted molar refractivity (Wildman–Crippen MR) is 71.9 cm³/mol. The Hall–Kier alpha value is -0.840. The van der Waals surface area contributed by atoms with Crippen LogP contribution in [0.5, 0.6) is 0 Å². The van der Waals surface area contributed by atoms with E-state index in [0.29, 0.717) is 10.6 Å². The Morgan fingerprint density at radius 2 is 2.17 bits per heavy atom. The van der Waals surface area contributed by atoms with E-state index in [1.54, 1.807) is 32.0 Å². The molecule has 0 aliphatic heterocycles. The van der Waals surface area contributed by atoms with Crippen molar-refractivity contribution in [1.82, 2.24) is 0 Å². The average Bonchev–Trinajstić information content (AvgIpc) is 2.27. The number of benzene rings is 1. The smallest absolute Gasteiger partial charge is 0.342 e. The van der Waals surface area contributed by atoms with Crippen LogP contribution in [0.25, 0.3) is 0 Å². The molecule has 1 aromatic carbocycles. The minimum absolute atomic E-state index is 0. The fourth-order valence-electron chi connectivity index (χ4n) is 1.54. The predicted octanol–water partition coefficient (Wildman–Crippen LogP) is 2.97. The number of carbonyl (C=O) groups excluding carboxylic acids is 1. The molecule has 0 heterocycles. The number of carbonyl (C=O) groups is 1. The highest BCUT2D eigenvalue weighted by Crippen LogP contribution is 2.24. The maximum Gasteiger partial charge on any atom is 0.342 e. The van der Waals surface area contributed by atoms with Crippen molar-refractivity contribution in [3.8, 4) is 0 Å². The number of alkyl halides is 1. The van der Waals surface area contributed by atoms with Gasteiger partial charge >= 0.3 is 5.97 Å². The van der Waals surface area contributed by atoms with Gasteiger partial charge in [0.2, 0.25) is 6.17 Å². The lowest BCUT2D eigenvalue weighted by Gasteiger charge is -2.17. The number of aryl methyl sites for hydroxylation is 1. The van der Waals surface area contributed by atoms with Gasteiger partial charge in [-0.1, -0.05) is 17.7 Å². The molecule has 0 aliphatic rings. The first-order valence-electron chi connectivity index (χ1n) is 5.29. The van der Waals surface area contributed by atoms with Crippen LogP contribution in [-0.2, 0) is 9.53 Å². The monoisotopic (exact) mass is 295 g/mol. The van der Waals surface area contributed by atoms with Crippen LogP contribution < -0.4 is 5.73 Å². The highest BCUT2D eigenvalue weighted by molar-refractivity contribution is 6.30. The molecule has 3 nitrogen and oxygen atoms in total. The molecule has 0 fully saturated rings. The van der Waals surface area contributed by atoms with E-state index >= 15 is 0 Å². The van der Waals surface area contributed by atoms with E-state index < -0.39 is 18.2 Å². The molecule has 1 rings (SSSR count). The zero-order valence-electron chi connectivity index (χ0n) is 10.2. The molecule has 2 N–H and O–H groups in total. The molecule has 102 valence electrons. The van der Waals surface area contributed by atoms with E-state index in [2.05, 4.69) is 4.74 Å². The van der Waals surface area contributed by atoms with Gasteiger partial charge < -0.3 is 10.5 Å². The SMILES string of the molecule is CCOC(=O)C(F)[C@@H](N)c1ccc(Cl)cc1C.Cl. The number of esters is 1. The molecule has 1 unspecified atom stereocenters. The molecule has 0 saturated carbocycles. The number of hydrogen-bond acceptors (Lipinski definition) is 3. The summed E-state index contributed by atoms with van der Waals surface area (Å²) in [5, 5.41) is 0.546. The minimum atomic E-state index is -1.87. The molecular weight excluding hydrogens is 280 g/mol. The molecule has 1 aromatic rings. The van der Waals surface area contributed by atoms with Crippen LogP contribution in [0, 0.1) is 6.92 Å². The van der Waals surface area contributed by atoms with Crippen LogP contribution in [0.15, 0.2) is 18.2 Å². The van der Waals surface area contributed by atoms with Crippen LogP contribution >= 0.6 is 24.0 Å². The molecule has 0 aliphatic carbocycles. The van der Waals surface area contributed by atoms with E-state index in [4.69, 9.17) is 17.3 Å². The molecule has 0 spiro atoms. The molecule has 0 aromatic heterocycles. The highest BCUT2D eigenvalue weighted by Gasteiger charge is 2.28. The molecule has 0 amide bonds. The Labute approximate surface area is 117 Å². The highest BCUT2D eigenvalue weighted by atomic mass is 35.5. The Balaban J connectivity index is 0.00000289. The molecular formula is C12H16Cl2FNO2. The van der Waals surface area contributed by atoms with Gasteiger partial charge in [-0.3, -0.25) is 0 Å². The summed E-state index contributed by atoms with van der Waals surface area (Å²) in [6, 6.07) is 3.87. The van der Waals surface area contributed by atoms with E-state index in [0.717, 1.165) is 5.56 Å². The van der Waals surface area contributed by atoms with Gasteiger partial charge in [0.25, 0.3) is 0 Å². The van der Waals surface area contributed by atoms with Gasteiger partial charge in [-0.25, -0.2) is 9.18 Å². The summed E-state index contributed by atoms with van der Waals surface area (Å²) in [5.41, 5.74) is 7.00. The average molecular weight is 296 g/mol. The second-order valence-electron chi connectivity index (χ2n) is 3.68. The van der Waals surface area contributed by atoms with Crippen molar-refractivity contribution >= 4 is 30.0 Å². The molecule has 2 atom stereocenters. The topological polar surface area (TPSA) is 52.3 Å². The van der Waals surface area contributed by atoms with Crippen LogP contribution in [0.2, 0.25) is 5.02 Å². The third-order valence-electron chi connectivity index (χ3n) is 2.42. The van der Waals surface area contributed by atoms with Gasteiger partial charge in [-0.15, -0.1) is 12.4 Å². The lowest BCUT2D eigenvalue weighted by molar-refractivity contribution is -0.149. The van der Waals surface area contributed by atoms with Crippen molar-refractivity contribution < 1.29 is 13.9 Å². The fraction of sp³-hybridized carbons (Fsp3) is 0.417. The summed E-state index contributed by atoms with van der Waals surface area (Å²) >= 11 is 5.79. The molecule has 0 saturated heterocycles. The Morgan fingerprint density at radius 1 is 1.56 bits per heavy atom. The number of halogens is 3. The molecule has 6 heteroatoms. The fourth-order valence-corrected chi connectivity index (χ4v) is 1.77.